The van der Waals surface area contributed by atoms with Gasteiger partial charge in [-0.15, -0.1) is 0 Å². The van der Waals surface area contributed by atoms with Gasteiger partial charge in [-0.05, 0) is 63.0 Å². The van der Waals surface area contributed by atoms with Crippen molar-refractivity contribution < 1.29 is 26.4 Å². The second-order valence-electron chi connectivity index (χ2n) is 9.69. The molecule has 7 nitrogen and oxygen atoms in total. The Morgan fingerprint density at radius 1 is 1.23 bits per heavy atom. The van der Waals surface area contributed by atoms with Crippen LogP contribution in [0.15, 0.2) is 12.1 Å². The van der Waals surface area contributed by atoms with Gasteiger partial charge in [0.15, 0.2) is 15.5 Å². The van der Waals surface area contributed by atoms with Gasteiger partial charge in [-0.2, -0.15) is 23.7 Å². The third-order valence-corrected chi connectivity index (χ3v) is 9.62. The van der Waals surface area contributed by atoms with Gasteiger partial charge in [0.05, 0.1) is 28.6 Å². The molecule has 1 aromatic rings. The van der Waals surface area contributed by atoms with E-state index in [0.717, 1.165) is 25.0 Å². The third-order valence-electron chi connectivity index (χ3n) is 7.20. The Balaban J connectivity index is 1.80. The summed E-state index contributed by atoms with van der Waals surface area (Å²) in [6.07, 6.45) is -0.332. The fourth-order valence-electron chi connectivity index (χ4n) is 4.99. The molecule has 190 valence electrons. The number of carbonyl (C=O) groups excluding carboxylic acids is 1. The molecular formula is C24H29F3N4O3S. The molecule has 0 bridgehead atoms. The van der Waals surface area contributed by atoms with Crippen molar-refractivity contribution in [3.8, 4) is 12.1 Å². The molecule has 1 unspecified atom stereocenters. The average Bonchev–Trinajstić information content (AvgIpc) is 3.63. The van der Waals surface area contributed by atoms with Gasteiger partial charge >= 0.3 is 6.18 Å². The number of carbonyl (C=O) groups is 1. The molecule has 2 aliphatic rings. The number of rotatable bonds is 9. The standard InChI is InChI=1S/C24H29F3N4O3S/c1-2-3-17(12-28)23(10-8-19(9-11-23)35(33,34)14-16-4-5-16)15-30-22(32)20-7-6-18(13-29)31-21(20)24(25,26)27/h6-7,16-17,19H,2-5,8-11,14-15H2,1H3,(H,30,32). The lowest BCUT2D eigenvalue weighted by molar-refractivity contribution is -0.141. The first-order valence-electron chi connectivity index (χ1n) is 11.8. The van der Waals surface area contributed by atoms with Crippen molar-refractivity contribution in [3.05, 3.63) is 29.1 Å². The molecule has 2 aliphatic carbocycles. The zero-order valence-electron chi connectivity index (χ0n) is 19.6. The number of hydrogen-bond donors (Lipinski definition) is 1. The first kappa shape index (κ1) is 26.9. The van der Waals surface area contributed by atoms with Gasteiger partial charge < -0.3 is 5.32 Å². The second-order valence-corrected chi connectivity index (χ2v) is 12.0. The van der Waals surface area contributed by atoms with Crippen molar-refractivity contribution in [3.63, 3.8) is 0 Å². The summed E-state index contributed by atoms with van der Waals surface area (Å²) in [7, 11) is -3.25. The molecule has 2 fully saturated rings. The maximum Gasteiger partial charge on any atom is 0.434 e. The molecule has 1 atom stereocenters. The van der Waals surface area contributed by atoms with Crippen molar-refractivity contribution in [2.75, 3.05) is 12.3 Å². The van der Waals surface area contributed by atoms with Crippen molar-refractivity contribution in [1.29, 1.82) is 10.5 Å². The largest absolute Gasteiger partial charge is 0.434 e. The lowest BCUT2D eigenvalue weighted by Crippen LogP contribution is -2.46. The zero-order chi connectivity index (χ0) is 25.9. The molecule has 0 saturated heterocycles. The van der Waals surface area contributed by atoms with E-state index in [1.54, 1.807) is 0 Å². The van der Waals surface area contributed by atoms with Crippen LogP contribution in [0.4, 0.5) is 13.2 Å². The lowest BCUT2D eigenvalue weighted by atomic mass is 9.64. The van der Waals surface area contributed by atoms with Crippen LogP contribution >= 0.6 is 0 Å². The van der Waals surface area contributed by atoms with Gasteiger partial charge in [0, 0.05) is 12.0 Å². The van der Waals surface area contributed by atoms with Crippen LogP contribution in [0.25, 0.3) is 0 Å². The molecule has 0 radical (unpaired) electrons. The highest BCUT2D eigenvalue weighted by molar-refractivity contribution is 7.92. The smallest absolute Gasteiger partial charge is 0.351 e. The van der Waals surface area contributed by atoms with Gasteiger partial charge in [0.2, 0.25) is 0 Å². The van der Waals surface area contributed by atoms with Gasteiger partial charge in [-0.3, -0.25) is 4.79 Å². The van der Waals surface area contributed by atoms with E-state index in [0.29, 0.717) is 38.5 Å². The van der Waals surface area contributed by atoms with E-state index in [1.807, 2.05) is 6.92 Å². The molecule has 35 heavy (non-hydrogen) atoms. The van der Waals surface area contributed by atoms with Crippen LogP contribution in [-0.2, 0) is 16.0 Å². The summed E-state index contributed by atoms with van der Waals surface area (Å²) in [5.41, 5.74) is -3.33. The SMILES string of the molecule is CCCC(C#N)C1(CNC(=O)c2ccc(C#N)nc2C(F)(F)F)CCC(S(=O)(=O)CC2CC2)CC1. The number of aromatic nitrogens is 1. The van der Waals surface area contributed by atoms with Crippen LogP contribution in [-0.4, -0.2) is 36.9 Å². The minimum absolute atomic E-state index is 0.0449. The quantitative estimate of drug-likeness (QED) is 0.525. The van der Waals surface area contributed by atoms with Crippen molar-refractivity contribution in [1.82, 2.24) is 10.3 Å². The Kier molecular flexibility index (Phi) is 8.10. The summed E-state index contributed by atoms with van der Waals surface area (Å²) in [5.74, 6) is -1.04. The van der Waals surface area contributed by atoms with Gasteiger partial charge in [0.1, 0.15) is 11.8 Å². The number of hydrogen-bond acceptors (Lipinski definition) is 6. The fourth-order valence-corrected chi connectivity index (χ4v) is 7.21. The van der Waals surface area contributed by atoms with E-state index < -0.39 is 55.5 Å². The summed E-state index contributed by atoms with van der Waals surface area (Å²) < 4.78 is 66.0. The van der Waals surface area contributed by atoms with Crippen molar-refractivity contribution in [2.24, 2.45) is 17.3 Å². The summed E-state index contributed by atoms with van der Waals surface area (Å²) >= 11 is 0. The highest BCUT2D eigenvalue weighted by Crippen LogP contribution is 2.46. The number of nitriles is 2. The molecule has 3 rings (SSSR count). The third kappa shape index (κ3) is 6.32. The monoisotopic (exact) mass is 510 g/mol. The number of nitrogens with zero attached hydrogens (tertiary/aromatic N) is 3. The Bertz CT molecular complexity index is 1130. The first-order valence-corrected chi connectivity index (χ1v) is 13.5. The molecular weight excluding hydrogens is 481 g/mol. The number of alkyl halides is 3. The Labute approximate surface area is 203 Å². The molecule has 1 amide bonds. The Hall–Kier alpha value is -2.66. The van der Waals surface area contributed by atoms with Gasteiger partial charge in [-0.25, -0.2) is 13.4 Å². The first-order chi connectivity index (χ1) is 16.5. The maximum absolute atomic E-state index is 13.5. The van der Waals surface area contributed by atoms with E-state index >= 15 is 0 Å². The number of pyridine rings is 1. The zero-order valence-corrected chi connectivity index (χ0v) is 20.4. The topological polar surface area (TPSA) is 124 Å². The Morgan fingerprint density at radius 3 is 2.40 bits per heavy atom. The van der Waals surface area contributed by atoms with Gasteiger partial charge in [0.25, 0.3) is 5.91 Å². The van der Waals surface area contributed by atoms with Crippen LogP contribution in [0, 0.1) is 39.9 Å². The fraction of sp³-hybridized carbons (Fsp3) is 0.667. The van der Waals surface area contributed by atoms with Crippen LogP contribution in [0.5, 0.6) is 0 Å². The van der Waals surface area contributed by atoms with E-state index in [-0.39, 0.29) is 18.2 Å². The molecule has 0 aliphatic heterocycles. The van der Waals surface area contributed by atoms with E-state index in [9.17, 15) is 31.6 Å². The van der Waals surface area contributed by atoms with Crippen LogP contribution in [0.1, 0.15) is 80.0 Å². The summed E-state index contributed by atoms with van der Waals surface area (Å²) in [6.45, 7) is 1.87. The normalized spacial score (nSPS) is 23.7. The minimum Gasteiger partial charge on any atom is -0.351 e. The maximum atomic E-state index is 13.5. The summed E-state index contributed by atoms with van der Waals surface area (Å²) in [5, 5.41) is 20.8. The number of nitrogens with one attached hydrogen (secondary N) is 1. The lowest BCUT2D eigenvalue weighted by Gasteiger charge is -2.43. The van der Waals surface area contributed by atoms with Crippen LogP contribution in [0.2, 0.25) is 0 Å². The molecule has 1 N–H and O–H groups in total. The minimum atomic E-state index is -4.93. The van der Waals surface area contributed by atoms with Crippen LogP contribution in [0.3, 0.4) is 0 Å². The molecule has 1 heterocycles. The molecule has 11 heteroatoms. The number of halogens is 3. The molecule has 1 aromatic heterocycles. The number of sulfone groups is 1. The predicted octanol–water partition coefficient (Wildman–Crippen LogP) is 4.40. The Morgan fingerprint density at radius 2 is 1.89 bits per heavy atom. The highest BCUT2D eigenvalue weighted by atomic mass is 32.2. The van der Waals surface area contributed by atoms with Crippen molar-refractivity contribution >= 4 is 15.7 Å². The number of amides is 1. The van der Waals surface area contributed by atoms with E-state index in [1.165, 1.54) is 6.07 Å². The van der Waals surface area contributed by atoms with Crippen molar-refractivity contribution in [2.45, 2.75) is 69.7 Å². The van der Waals surface area contributed by atoms with Gasteiger partial charge in [-0.1, -0.05) is 13.3 Å². The average molecular weight is 511 g/mol. The molecule has 2 saturated carbocycles. The summed E-state index contributed by atoms with van der Waals surface area (Å²) in [4.78, 5) is 16.1. The van der Waals surface area contributed by atoms with E-state index in [4.69, 9.17) is 5.26 Å². The molecule has 0 spiro atoms. The van der Waals surface area contributed by atoms with E-state index in [2.05, 4.69) is 16.4 Å². The highest BCUT2D eigenvalue weighted by Gasteiger charge is 2.46. The summed E-state index contributed by atoms with van der Waals surface area (Å²) in [6, 6.07) is 5.80. The predicted molar refractivity (Wildman–Crippen MR) is 121 cm³/mol. The molecule has 0 aromatic carbocycles. The van der Waals surface area contributed by atoms with Crippen LogP contribution < -0.4 is 5.32 Å². The second kappa shape index (κ2) is 10.5.